The van der Waals surface area contributed by atoms with Crippen LogP contribution in [0, 0.1) is 5.92 Å². The largest absolute Gasteiger partial charge is 0.352 e. The molecule has 0 aromatic carbocycles. The molecule has 1 aliphatic rings. The molecule has 0 radical (unpaired) electrons. The molecule has 1 aliphatic carbocycles. The summed E-state index contributed by atoms with van der Waals surface area (Å²) in [5.74, 6) is 0.583. The van der Waals surface area contributed by atoms with Gasteiger partial charge in [-0.15, -0.1) is 0 Å². The van der Waals surface area contributed by atoms with Gasteiger partial charge in [0.05, 0.1) is 0 Å². The SMILES string of the molecule is CC(C)CC(=O)NC1CCCCCC1N. The number of nitrogens with one attached hydrogen (secondary N) is 1. The topological polar surface area (TPSA) is 55.1 Å². The van der Waals surface area contributed by atoms with E-state index in [1.54, 1.807) is 0 Å². The van der Waals surface area contributed by atoms with Gasteiger partial charge in [0.1, 0.15) is 0 Å². The van der Waals surface area contributed by atoms with E-state index in [1.807, 2.05) is 0 Å². The molecule has 3 heteroatoms. The summed E-state index contributed by atoms with van der Waals surface area (Å²) in [7, 11) is 0. The Hall–Kier alpha value is -0.570. The van der Waals surface area contributed by atoms with Crippen LogP contribution >= 0.6 is 0 Å². The van der Waals surface area contributed by atoms with Crippen LogP contribution in [0.15, 0.2) is 0 Å². The van der Waals surface area contributed by atoms with Crippen molar-refractivity contribution in [2.24, 2.45) is 11.7 Å². The van der Waals surface area contributed by atoms with Crippen molar-refractivity contribution in [3.8, 4) is 0 Å². The quantitative estimate of drug-likeness (QED) is 0.701. The highest BCUT2D eigenvalue weighted by Gasteiger charge is 2.21. The molecule has 0 bridgehead atoms. The molecular weight excluding hydrogens is 188 g/mol. The first-order valence-corrected chi connectivity index (χ1v) is 6.14. The number of hydrogen-bond acceptors (Lipinski definition) is 2. The van der Waals surface area contributed by atoms with Crippen LogP contribution in [-0.4, -0.2) is 18.0 Å². The van der Waals surface area contributed by atoms with Crippen molar-refractivity contribution in [2.45, 2.75) is 64.5 Å². The molecule has 0 aromatic heterocycles. The van der Waals surface area contributed by atoms with E-state index in [2.05, 4.69) is 19.2 Å². The Morgan fingerprint density at radius 3 is 2.67 bits per heavy atom. The monoisotopic (exact) mass is 212 g/mol. The lowest BCUT2D eigenvalue weighted by Crippen LogP contribution is -2.47. The van der Waals surface area contributed by atoms with E-state index < -0.39 is 0 Å². The maximum atomic E-state index is 11.6. The fraction of sp³-hybridized carbons (Fsp3) is 0.917. The Bertz CT molecular complexity index is 204. The van der Waals surface area contributed by atoms with Crippen LogP contribution in [0.3, 0.4) is 0 Å². The van der Waals surface area contributed by atoms with Crippen molar-refractivity contribution in [1.29, 1.82) is 0 Å². The molecule has 1 fully saturated rings. The molecule has 88 valence electrons. The Kier molecular flexibility index (Phi) is 5.09. The normalized spacial score (nSPS) is 27.5. The second kappa shape index (κ2) is 6.11. The Labute approximate surface area is 92.8 Å². The second-order valence-electron chi connectivity index (χ2n) is 5.07. The molecule has 1 amide bonds. The van der Waals surface area contributed by atoms with Gasteiger partial charge in [0.15, 0.2) is 0 Å². The van der Waals surface area contributed by atoms with Gasteiger partial charge in [-0.3, -0.25) is 4.79 Å². The maximum Gasteiger partial charge on any atom is 0.220 e. The summed E-state index contributed by atoms with van der Waals surface area (Å²) >= 11 is 0. The highest BCUT2D eigenvalue weighted by Crippen LogP contribution is 2.17. The summed E-state index contributed by atoms with van der Waals surface area (Å²) < 4.78 is 0. The molecule has 0 heterocycles. The van der Waals surface area contributed by atoms with E-state index in [4.69, 9.17) is 5.73 Å². The van der Waals surface area contributed by atoms with Gasteiger partial charge in [-0.2, -0.15) is 0 Å². The molecule has 1 saturated carbocycles. The summed E-state index contributed by atoms with van der Waals surface area (Å²) in [6, 6.07) is 0.363. The fourth-order valence-electron chi connectivity index (χ4n) is 2.15. The van der Waals surface area contributed by atoms with Crippen molar-refractivity contribution < 1.29 is 4.79 Å². The number of carbonyl (C=O) groups excluding carboxylic acids is 1. The zero-order chi connectivity index (χ0) is 11.3. The fourth-order valence-corrected chi connectivity index (χ4v) is 2.15. The van der Waals surface area contributed by atoms with Crippen LogP contribution in [-0.2, 0) is 4.79 Å². The highest BCUT2D eigenvalue weighted by atomic mass is 16.1. The van der Waals surface area contributed by atoms with Crippen molar-refractivity contribution in [3.63, 3.8) is 0 Å². The van der Waals surface area contributed by atoms with E-state index in [0.29, 0.717) is 12.3 Å². The molecule has 0 spiro atoms. The molecule has 0 saturated heterocycles. The highest BCUT2D eigenvalue weighted by molar-refractivity contribution is 5.76. The summed E-state index contributed by atoms with van der Waals surface area (Å²) in [5, 5.41) is 3.08. The maximum absolute atomic E-state index is 11.6. The first kappa shape index (κ1) is 12.5. The van der Waals surface area contributed by atoms with E-state index in [-0.39, 0.29) is 18.0 Å². The lowest BCUT2D eigenvalue weighted by molar-refractivity contribution is -0.122. The third kappa shape index (κ3) is 4.65. The van der Waals surface area contributed by atoms with Crippen molar-refractivity contribution in [3.05, 3.63) is 0 Å². The van der Waals surface area contributed by atoms with Gasteiger partial charge in [0.2, 0.25) is 5.91 Å². The second-order valence-corrected chi connectivity index (χ2v) is 5.07. The van der Waals surface area contributed by atoms with Crippen LogP contribution in [0.1, 0.15) is 52.4 Å². The molecule has 0 aliphatic heterocycles. The average molecular weight is 212 g/mol. The zero-order valence-corrected chi connectivity index (χ0v) is 9.96. The molecule has 2 unspecified atom stereocenters. The van der Waals surface area contributed by atoms with Gasteiger partial charge in [-0.05, 0) is 18.8 Å². The van der Waals surface area contributed by atoms with Crippen molar-refractivity contribution >= 4 is 5.91 Å². The van der Waals surface area contributed by atoms with Gasteiger partial charge < -0.3 is 11.1 Å². The van der Waals surface area contributed by atoms with Crippen LogP contribution < -0.4 is 11.1 Å². The van der Waals surface area contributed by atoms with Gasteiger partial charge in [0, 0.05) is 18.5 Å². The molecule has 3 nitrogen and oxygen atoms in total. The zero-order valence-electron chi connectivity index (χ0n) is 9.96. The molecular formula is C12H24N2O. The van der Waals surface area contributed by atoms with Crippen LogP contribution in [0.4, 0.5) is 0 Å². The van der Waals surface area contributed by atoms with Crippen molar-refractivity contribution in [1.82, 2.24) is 5.32 Å². The molecule has 15 heavy (non-hydrogen) atoms. The number of rotatable bonds is 3. The minimum Gasteiger partial charge on any atom is -0.352 e. The van der Waals surface area contributed by atoms with E-state index >= 15 is 0 Å². The standard InChI is InChI=1S/C12H24N2O/c1-9(2)8-12(15)14-11-7-5-3-4-6-10(11)13/h9-11H,3-8,13H2,1-2H3,(H,14,15). The van der Waals surface area contributed by atoms with E-state index in [9.17, 15) is 4.79 Å². The minimum atomic E-state index is 0.156. The lowest BCUT2D eigenvalue weighted by Gasteiger charge is -2.23. The third-order valence-electron chi connectivity index (χ3n) is 3.01. The Morgan fingerprint density at radius 2 is 2.00 bits per heavy atom. The predicted molar refractivity (Wildman–Crippen MR) is 62.4 cm³/mol. The van der Waals surface area contributed by atoms with Gasteiger partial charge in [-0.25, -0.2) is 0 Å². The number of nitrogens with two attached hydrogens (primary N) is 1. The first-order valence-electron chi connectivity index (χ1n) is 6.14. The molecule has 3 N–H and O–H groups in total. The third-order valence-corrected chi connectivity index (χ3v) is 3.01. The molecule has 2 atom stereocenters. The smallest absolute Gasteiger partial charge is 0.220 e. The first-order chi connectivity index (χ1) is 7.09. The number of amides is 1. The van der Waals surface area contributed by atoms with Crippen molar-refractivity contribution in [2.75, 3.05) is 0 Å². The number of carbonyl (C=O) groups is 1. The van der Waals surface area contributed by atoms with Crippen LogP contribution in [0.25, 0.3) is 0 Å². The summed E-state index contributed by atoms with van der Waals surface area (Å²) in [6.07, 6.45) is 6.36. The molecule has 1 rings (SSSR count). The predicted octanol–water partition coefficient (Wildman–Crippen LogP) is 1.81. The molecule has 0 aromatic rings. The summed E-state index contributed by atoms with van der Waals surface area (Å²) in [4.78, 5) is 11.6. The average Bonchev–Trinajstić information content (AvgIpc) is 2.30. The lowest BCUT2D eigenvalue weighted by atomic mass is 10.0. The van der Waals surface area contributed by atoms with Gasteiger partial charge in [0.25, 0.3) is 0 Å². The minimum absolute atomic E-state index is 0.156. The Morgan fingerprint density at radius 1 is 1.33 bits per heavy atom. The van der Waals surface area contributed by atoms with Crippen LogP contribution in [0.5, 0.6) is 0 Å². The van der Waals surface area contributed by atoms with E-state index in [0.717, 1.165) is 12.8 Å². The van der Waals surface area contributed by atoms with E-state index in [1.165, 1.54) is 19.3 Å². The van der Waals surface area contributed by atoms with Gasteiger partial charge in [-0.1, -0.05) is 33.1 Å². The number of hydrogen-bond donors (Lipinski definition) is 2. The summed E-state index contributed by atoms with van der Waals surface area (Å²) in [5.41, 5.74) is 6.04. The summed E-state index contributed by atoms with van der Waals surface area (Å²) in [6.45, 7) is 4.12. The Balaban J connectivity index is 2.37. The van der Waals surface area contributed by atoms with Gasteiger partial charge >= 0.3 is 0 Å². The van der Waals surface area contributed by atoms with Crippen LogP contribution in [0.2, 0.25) is 0 Å².